The van der Waals surface area contributed by atoms with Crippen LogP contribution < -0.4 is 15.9 Å². The van der Waals surface area contributed by atoms with E-state index in [1.165, 1.54) is 0 Å². The summed E-state index contributed by atoms with van der Waals surface area (Å²) in [6, 6.07) is 23.9. The maximum Gasteiger partial charge on any atom is 0.354 e. The molecule has 0 spiro atoms. The van der Waals surface area contributed by atoms with Gasteiger partial charge in [0, 0.05) is 16.3 Å². The van der Waals surface area contributed by atoms with E-state index in [1.807, 2.05) is 60.7 Å². The zero-order chi connectivity index (χ0) is 22.9. The molecule has 0 atom stereocenters. The van der Waals surface area contributed by atoms with Crippen LogP contribution in [0.5, 0.6) is 11.5 Å². The van der Waals surface area contributed by atoms with E-state index in [-0.39, 0.29) is 28.2 Å². The SMILES string of the molecule is COc1ccc2c3oc(=O)c(Sc4ccccc4)c(O)c3c(=O)n(Cc3ccccc3)c2c1. The molecule has 2 aromatic heterocycles. The van der Waals surface area contributed by atoms with Gasteiger partial charge in [-0.1, -0.05) is 60.3 Å². The summed E-state index contributed by atoms with van der Waals surface area (Å²) in [6.45, 7) is 0.277. The van der Waals surface area contributed by atoms with Gasteiger partial charge in [-0.05, 0) is 29.8 Å². The minimum atomic E-state index is -0.703. The lowest BCUT2D eigenvalue weighted by Gasteiger charge is -2.15. The van der Waals surface area contributed by atoms with Gasteiger partial charge in [-0.15, -0.1) is 0 Å². The molecule has 164 valence electrons. The quantitative estimate of drug-likeness (QED) is 0.373. The number of hydrogen-bond donors (Lipinski definition) is 1. The molecule has 1 N–H and O–H groups in total. The molecule has 0 radical (unpaired) electrons. The molecule has 0 fully saturated rings. The average molecular weight is 458 g/mol. The highest BCUT2D eigenvalue weighted by Gasteiger charge is 2.22. The smallest absolute Gasteiger partial charge is 0.354 e. The van der Waals surface area contributed by atoms with Crippen molar-refractivity contribution in [3.8, 4) is 11.5 Å². The summed E-state index contributed by atoms with van der Waals surface area (Å²) in [5.74, 6) is 0.186. The topological polar surface area (TPSA) is 81.7 Å². The van der Waals surface area contributed by atoms with E-state index in [4.69, 9.17) is 9.15 Å². The summed E-state index contributed by atoms with van der Waals surface area (Å²) >= 11 is 1.06. The summed E-state index contributed by atoms with van der Waals surface area (Å²) in [5, 5.41) is 11.6. The van der Waals surface area contributed by atoms with Crippen LogP contribution in [0.2, 0.25) is 0 Å². The van der Waals surface area contributed by atoms with Gasteiger partial charge in [0.2, 0.25) is 0 Å². The molecule has 3 aromatic carbocycles. The van der Waals surface area contributed by atoms with Crippen molar-refractivity contribution in [1.29, 1.82) is 0 Å². The van der Waals surface area contributed by atoms with E-state index >= 15 is 0 Å². The van der Waals surface area contributed by atoms with E-state index in [0.29, 0.717) is 16.7 Å². The Kier molecular flexibility index (Phi) is 5.40. The minimum Gasteiger partial charge on any atom is -0.505 e. The third kappa shape index (κ3) is 3.76. The fourth-order valence-electron chi connectivity index (χ4n) is 3.81. The molecular weight excluding hydrogens is 438 g/mol. The Labute approximate surface area is 192 Å². The summed E-state index contributed by atoms with van der Waals surface area (Å²) in [6.07, 6.45) is 0. The Morgan fingerprint density at radius 2 is 1.67 bits per heavy atom. The van der Waals surface area contributed by atoms with Crippen molar-refractivity contribution in [2.45, 2.75) is 16.3 Å². The van der Waals surface area contributed by atoms with E-state index < -0.39 is 11.2 Å². The lowest BCUT2D eigenvalue weighted by molar-refractivity contribution is 0.415. The van der Waals surface area contributed by atoms with Gasteiger partial charge in [-0.25, -0.2) is 4.79 Å². The number of nitrogens with zero attached hydrogens (tertiary/aromatic N) is 1. The zero-order valence-corrected chi connectivity index (χ0v) is 18.5. The fraction of sp³-hybridized carbons (Fsp3) is 0.0769. The summed E-state index contributed by atoms with van der Waals surface area (Å²) in [4.78, 5) is 27.2. The number of ether oxygens (including phenoxy) is 1. The molecular formula is C26H19NO5S. The number of methoxy groups -OCH3 is 1. The number of pyridine rings is 1. The van der Waals surface area contributed by atoms with Gasteiger partial charge < -0.3 is 18.8 Å². The lowest BCUT2D eigenvalue weighted by Crippen LogP contribution is -2.23. The summed E-state index contributed by atoms with van der Waals surface area (Å²) < 4.78 is 12.5. The molecule has 0 saturated heterocycles. The zero-order valence-electron chi connectivity index (χ0n) is 17.6. The Bertz CT molecular complexity index is 1590. The Morgan fingerprint density at radius 3 is 2.36 bits per heavy atom. The minimum absolute atomic E-state index is 0.0232. The third-order valence-electron chi connectivity index (χ3n) is 5.41. The number of aromatic nitrogens is 1. The highest BCUT2D eigenvalue weighted by atomic mass is 32.2. The van der Waals surface area contributed by atoms with Crippen LogP contribution in [0.1, 0.15) is 5.56 Å². The Hall–Kier alpha value is -3.97. The summed E-state index contributed by atoms with van der Waals surface area (Å²) in [5.41, 5.74) is 0.361. The average Bonchev–Trinajstić information content (AvgIpc) is 2.85. The molecule has 5 aromatic rings. The van der Waals surface area contributed by atoms with Crippen LogP contribution in [0.3, 0.4) is 0 Å². The van der Waals surface area contributed by atoms with Gasteiger partial charge in [0.15, 0.2) is 11.3 Å². The molecule has 6 nitrogen and oxygen atoms in total. The van der Waals surface area contributed by atoms with Gasteiger partial charge >= 0.3 is 5.63 Å². The molecule has 0 unspecified atom stereocenters. The van der Waals surface area contributed by atoms with Gasteiger partial charge in [-0.2, -0.15) is 0 Å². The number of fused-ring (bicyclic) bond motifs is 3. The highest BCUT2D eigenvalue weighted by molar-refractivity contribution is 7.99. The fourth-order valence-corrected chi connectivity index (χ4v) is 4.67. The normalized spacial score (nSPS) is 11.2. The largest absolute Gasteiger partial charge is 0.505 e. The molecule has 7 heteroatoms. The van der Waals surface area contributed by atoms with Crippen LogP contribution in [0, 0.1) is 0 Å². The molecule has 33 heavy (non-hydrogen) atoms. The van der Waals surface area contributed by atoms with E-state index in [9.17, 15) is 14.7 Å². The van der Waals surface area contributed by atoms with Crippen molar-refractivity contribution in [3.05, 3.63) is 105 Å². The van der Waals surface area contributed by atoms with Crippen molar-refractivity contribution in [1.82, 2.24) is 4.57 Å². The van der Waals surface area contributed by atoms with E-state index in [0.717, 1.165) is 22.2 Å². The second-order valence-corrected chi connectivity index (χ2v) is 8.53. The molecule has 0 amide bonds. The molecule has 0 bridgehead atoms. The molecule has 2 heterocycles. The number of benzene rings is 3. The predicted octanol–water partition coefficient (Wildman–Crippen LogP) is 5.02. The van der Waals surface area contributed by atoms with Crippen molar-refractivity contribution in [2.24, 2.45) is 0 Å². The molecule has 0 saturated carbocycles. The molecule has 5 rings (SSSR count). The Morgan fingerprint density at radius 1 is 0.970 bits per heavy atom. The monoisotopic (exact) mass is 457 g/mol. The number of rotatable bonds is 5. The summed E-state index contributed by atoms with van der Waals surface area (Å²) in [7, 11) is 1.54. The highest BCUT2D eigenvalue weighted by Crippen LogP contribution is 2.37. The predicted molar refractivity (Wildman–Crippen MR) is 129 cm³/mol. The first-order valence-electron chi connectivity index (χ1n) is 10.2. The van der Waals surface area contributed by atoms with E-state index in [2.05, 4.69) is 0 Å². The van der Waals surface area contributed by atoms with Crippen molar-refractivity contribution in [2.75, 3.05) is 7.11 Å². The van der Waals surface area contributed by atoms with Gasteiger partial charge in [0.25, 0.3) is 5.56 Å². The van der Waals surface area contributed by atoms with Crippen LogP contribution in [-0.4, -0.2) is 16.8 Å². The van der Waals surface area contributed by atoms with Gasteiger partial charge in [-0.3, -0.25) is 4.79 Å². The maximum absolute atomic E-state index is 13.7. The van der Waals surface area contributed by atoms with Crippen molar-refractivity contribution in [3.63, 3.8) is 0 Å². The molecule has 0 aliphatic rings. The third-order valence-corrected chi connectivity index (χ3v) is 6.48. The number of aromatic hydroxyl groups is 1. The standard InChI is InChI=1S/C26H19NO5S/c1-31-17-12-13-19-20(14-17)27(15-16-8-4-2-5-9-16)25(29)21-22(28)24(26(30)32-23(19)21)33-18-10-6-3-7-11-18/h2-14,28H,15H2,1H3. The van der Waals surface area contributed by atoms with Crippen LogP contribution in [0.4, 0.5) is 0 Å². The van der Waals surface area contributed by atoms with E-state index in [1.54, 1.807) is 29.9 Å². The van der Waals surface area contributed by atoms with Crippen molar-refractivity contribution < 1.29 is 14.3 Å². The first-order chi connectivity index (χ1) is 16.1. The van der Waals surface area contributed by atoms with Crippen LogP contribution in [0.15, 0.2) is 103 Å². The number of hydrogen-bond acceptors (Lipinski definition) is 6. The maximum atomic E-state index is 13.7. The van der Waals surface area contributed by atoms with Gasteiger partial charge in [0.1, 0.15) is 16.0 Å². The van der Waals surface area contributed by atoms with Gasteiger partial charge in [0.05, 0.1) is 19.2 Å². The first kappa shape index (κ1) is 20.9. The molecule has 0 aliphatic carbocycles. The van der Waals surface area contributed by atoms with Crippen LogP contribution in [0.25, 0.3) is 21.9 Å². The van der Waals surface area contributed by atoms with Crippen LogP contribution in [-0.2, 0) is 6.54 Å². The second kappa shape index (κ2) is 8.52. The first-order valence-corrected chi connectivity index (χ1v) is 11.1. The van der Waals surface area contributed by atoms with Crippen molar-refractivity contribution >= 4 is 33.6 Å². The lowest BCUT2D eigenvalue weighted by atomic mass is 10.1. The van der Waals surface area contributed by atoms with Crippen LogP contribution >= 0.6 is 11.8 Å². The molecule has 0 aliphatic heterocycles. The second-order valence-electron chi connectivity index (χ2n) is 7.45. The Balaban J connectivity index is 1.82.